The number of amides is 1. The molecule has 1 aromatic rings. The maximum atomic E-state index is 14.0. The lowest BCUT2D eigenvalue weighted by Crippen LogP contribution is -2.46. The van der Waals surface area contributed by atoms with Crippen LogP contribution in [-0.2, 0) is 20.7 Å². The number of carbonyl (C=O) groups is 2. The summed E-state index contributed by atoms with van der Waals surface area (Å²) in [6.45, 7) is 0.998. The van der Waals surface area contributed by atoms with E-state index in [9.17, 15) is 14.0 Å². The van der Waals surface area contributed by atoms with Crippen LogP contribution in [0.2, 0.25) is 0 Å². The number of nitrogens with zero attached hydrogens (tertiary/aromatic N) is 1. The van der Waals surface area contributed by atoms with Gasteiger partial charge >= 0.3 is 5.97 Å². The van der Waals surface area contributed by atoms with E-state index in [1.165, 1.54) is 13.2 Å². The van der Waals surface area contributed by atoms with Crippen LogP contribution in [0, 0.1) is 5.82 Å². The molecule has 0 aliphatic carbocycles. The molecule has 1 heterocycles. The van der Waals surface area contributed by atoms with E-state index >= 15 is 0 Å². The first-order chi connectivity index (χ1) is 11.0. The van der Waals surface area contributed by atoms with Crippen molar-refractivity contribution in [1.82, 2.24) is 4.90 Å². The van der Waals surface area contributed by atoms with E-state index in [1.54, 1.807) is 17.0 Å². The molecule has 1 aromatic carbocycles. The Labute approximate surface area is 133 Å². The summed E-state index contributed by atoms with van der Waals surface area (Å²) < 4.78 is 24.3. The number of aliphatic carboxylic acids is 1. The normalized spacial score (nSPS) is 17.8. The van der Waals surface area contributed by atoms with Gasteiger partial charge in [-0.1, -0.05) is 12.1 Å². The average molecular weight is 325 g/mol. The summed E-state index contributed by atoms with van der Waals surface area (Å²) in [6, 6.07) is 4.83. The first-order valence-corrected chi connectivity index (χ1v) is 7.43. The minimum atomic E-state index is -0.956. The van der Waals surface area contributed by atoms with Crippen molar-refractivity contribution in [2.24, 2.45) is 0 Å². The van der Waals surface area contributed by atoms with Crippen molar-refractivity contribution >= 4 is 11.9 Å². The Morgan fingerprint density at radius 3 is 2.96 bits per heavy atom. The lowest BCUT2D eigenvalue weighted by atomic mass is 10.1. The highest BCUT2D eigenvalue weighted by Crippen LogP contribution is 2.21. The molecule has 7 heteroatoms. The van der Waals surface area contributed by atoms with Crippen molar-refractivity contribution in [3.63, 3.8) is 0 Å². The number of methoxy groups -OCH3 is 1. The van der Waals surface area contributed by atoms with Gasteiger partial charge in [0.25, 0.3) is 0 Å². The molecular weight excluding hydrogens is 305 g/mol. The summed E-state index contributed by atoms with van der Waals surface area (Å²) in [5, 5.41) is 8.79. The van der Waals surface area contributed by atoms with E-state index in [1.807, 2.05) is 0 Å². The molecule has 1 aliphatic rings. The maximum absolute atomic E-state index is 14.0. The number of carbonyl (C=O) groups excluding carboxylic acids is 1. The number of benzene rings is 1. The van der Waals surface area contributed by atoms with Crippen LogP contribution in [0.1, 0.15) is 18.4 Å². The average Bonchev–Trinajstić information content (AvgIpc) is 2.53. The molecule has 126 valence electrons. The zero-order valence-corrected chi connectivity index (χ0v) is 13.0. The summed E-state index contributed by atoms with van der Waals surface area (Å²) in [6.07, 6.45) is -0.195. The summed E-state index contributed by atoms with van der Waals surface area (Å²) in [5.41, 5.74) is 0.424. The third kappa shape index (κ3) is 4.66. The maximum Gasteiger partial charge on any atom is 0.306 e. The van der Waals surface area contributed by atoms with Crippen molar-refractivity contribution in [3.05, 3.63) is 29.6 Å². The third-order valence-corrected chi connectivity index (χ3v) is 3.77. The fraction of sp³-hybridized carbons (Fsp3) is 0.500. The van der Waals surface area contributed by atoms with Crippen LogP contribution in [0.15, 0.2) is 18.2 Å². The molecule has 1 saturated heterocycles. The molecule has 1 aliphatic heterocycles. The summed E-state index contributed by atoms with van der Waals surface area (Å²) in [7, 11) is 1.39. The highest BCUT2D eigenvalue weighted by Gasteiger charge is 2.25. The van der Waals surface area contributed by atoms with E-state index in [4.69, 9.17) is 14.6 Å². The number of carboxylic acids is 1. The molecule has 6 nitrogen and oxygen atoms in total. The van der Waals surface area contributed by atoms with Gasteiger partial charge in [-0.2, -0.15) is 0 Å². The summed E-state index contributed by atoms with van der Waals surface area (Å²) >= 11 is 0. The van der Waals surface area contributed by atoms with Gasteiger partial charge in [0.2, 0.25) is 5.91 Å². The standard InChI is InChI=1S/C16H20FNO5/c1-22-13-4-2-3-11(16(13)17)5-6-14(19)18-7-8-23-12(10-18)9-15(20)21/h2-4,12H,5-10H2,1H3,(H,20,21). The second-order valence-electron chi connectivity index (χ2n) is 5.36. The van der Waals surface area contributed by atoms with Crippen LogP contribution in [0.5, 0.6) is 5.75 Å². The lowest BCUT2D eigenvalue weighted by molar-refractivity contribution is -0.147. The quantitative estimate of drug-likeness (QED) is 0.857. The molecule has 2 rings (SSSR count). The number of carboxylic acid groups (broad SMARTS) is 1. The number of halogens is 1. The highest BCUT2D eigenvalue weighted by atomic mass is 19.1. The molecule has 0 radical (unpaired) electrons. The zero-order chi connectivity index (χ0) is 16.8. The Balaban J connectivity index is 1.90. The van der Waals surface area contributed by atoms with Crippen LogP contribution in [0.25, 0.3) is 0 Å². The molecule has 23 heavy (non-hydrogen) atoms. The third-order valence-electron chi connectivity index (χ3n) is 3.77. The minimum absolute atomic E-state index is 0.131. The Hall–Kier alpha value is -2.15. The van der Waals surface area contributed by atoms with E-state index in [0.717, 1.165) is 0 Å². The fourth-order valence-corrected chi connectivity index (χ4v) is 2.57. The minimum Gasteiger partial charge on any atom is -0.494 e. The van der Waals surface area contributed by atoms with Gasteiger partial charge in [-0.05, 0) is 18.1 Å². The molecule has 0 aromatic heterocycles. The van der Waals surface area contributed by atoms with Gasteiger partial charge in [-0.3, -0.25) is 9.59 Å². The molecule has 0 saturated carbocycles. The van der Waals surface area contributed by atoms with Gasteiger partial charge in [0.1, 0.15) is 0 Å². The number of aryl methyl sites for hydroxylation is 1. The molecule has 0 spiro atoms. The van der Waals surface area contributed by atoms with E-state index in [2.05, 4.69) is 0 Å². The summed E-state index contributed by atoms with van der Waals surface area (Å²) in [5.74, 6) is -1.38. The Morgan fingerprint density at radius 1 is 1.48 bits per heavy atom. The molecule has 1 fully saturated rings. The highest BCUT2D eigenvalue weighted by molar-refractivity contribution is 5.76. The van der Waals surface area contributed by atoms with Crippen molar-refractivity contribution in [3.8, 4) is 5.75 Å². The predicted molar refractivity (Wildman–Crippen MR) is 79.8 cm³/mol. The van der Waals surface area contributed by atoms with Gasteiger partial charge < -0.3 is 19.5 Å². The van der Waals surface area contributed by atoms with E-state index < -0.39 is 17.9 Å². The number of hydrogen-bond donors (Lipinski definition) is 1. The lowest BCUT2D eigenvalue weighted by Gasteiger charge is -2.32. The first kappa shape index (κ1) is 17.2. The van der Waals surface area contributed by atoms with Crippen LogP contribution < -0.4 is 4.74 Å². The van der Waals surface area contributed by atoms with Crippen LogP contribution in [-0.4, -0.2) is 54.8 Å². The van der Waals surface area contributed by atoms with Gasteiger partial charge in [0, 0.05) is 19.5 Å². The van der Waals surface area contributed by atoms with Crippen molar-refractivity contribution in [2.45, 2.75) is 25.4 Å². The Bertz CT molecular complexity index is 578. The van der Waals surface area contributed by atoms with Crippen molar-refractivity contribution in [2.75, 3.05) is 26.8 Å². The van der Waals surface area contributed by atoms with Gasteiger partial charge in [-0.25, -0.2) is 4.39 Å². The molecule has 0 bridgehead atoms. The Kier molecular flexibility index (Phi) is 5.92. The largest absolute Gasteiger partial charge is 0.494 e. The number of rotatable bonds is 6. The second kappa shape index (κ2) is 7.92. The molecular formula is C16H20FNO5. The van der Waals surface area contributed by atoms with Crippen molar-refractivity contribution < 1.29 is 28.6 Å². The SMILES string of the molecule is COc1cccc(CCC(=O)N2CCOC(CC(=O)O)C2)c1F. The van der Waals surface area contributed by atoms with Crippen LogP contribution in [0.4, 0.5) is 4.39 Å². The first-order valence-electron chi connectivity index (χ1n) is 7.43. The summed E-state index contributed by atoms with van der Waals surface area (Å²) in [4.78, 5) is 24.5. The van der Waals surface area contributed by atoms with Crippen LogP contribution in [0.3, 0.4) is 0 Å². The van der Waals surface area contributed by atoms with Crippen LogP contribution >= 0.6 is 0 Å². The fourth-order valence-electron chi connectivity index (χ4n) is 2.57. The van der Waals surface area contributed by atoms with Gasteiger partial charge in [0.15, 0.2) is 11.6 Å². The number of ether oxygens (including phenoxy) is 2. The second-order valence-corrected chi connectivity index (χ2v) is 5.36. The van der Waals surface area contributed by atoms with Gasteiger partial charge in [0.05, 0.1) is 26.2 Å². The molecule has 1 N–H and O–H groups in total. The Morgan fingerprint density at radius 2 is 2.26 bits per heavy atom. The smallest absolute Gasteiger partial charge is 0.306 e. The molecule has 1 atom stereocenters. The monoisotopic (exact) mass is 325 g/mol. The molecule has 1 unspecified atom stereocenters. The zero-order valence-electron chi connectivity index (χ0n) is 13.0. The van der Waals surface area contributed by atoms with Crippen molar-refractivity contribution in [1.29, 1.82) is 0 Å². The molecule has 1 amide bonds. The van der Waals surface area contributed by atoms with E-state index in [-0.39, 0.29) is 37.5 Å². The van der Waals surface area contributed by atoms with E-state index in [0.29, 0.717) is 18.7 Å². The number of hydrogen-bond acceptors (Lipinski definition) is 4. The van der Waals surface area contributed by atoms with Gasteiger partial charge in [-0.15, -0.1) is 0 Å². The topological polar surface area (TPSA) is 76.1 Å². The predicted octanol–water partition coefficient (Wildman–Crippen LogP) is 1.47. The number of morpholine rings is 1.